The second-order valence-corrected chi connectivity index (χ2v) is 11.6. The van der Waals surface area contributed by atoms with Crippen LogP contribution in [0, 0.1) is 0 Å². The van der Waals surface area contributed by atoms with Gasteiger partial charge in [0.2, 0.25) is 0 Å². The van der Waals surface area contributed by atoms with Crippen molar-refractivity contribution in [3.05, 3.63) is 84.2 Å². The van der Waals surface area contributed by atoms with Crippen LogP contribution < -0.4 is 14.4 Å². The van der Waals surface area contributed by atoms with Gasteiger partial charge in [-0.3, -0.25) is 0 Å². The molecule has 5 rings (SSSR count). The van der Waals surface area contributed by atoms with E-state index < -0.39 is 12.4 Å². The van der Waals surface area contributed by atoms with Gasteiger partial charge < -0.3 is 14.4 Å². The number of halogens is 3. The van der Waals surface area contributed by atoms with E-state index in [1.54, 1.807) is 13.3 Å². The largest absolute Gasteiger partial charge is 0.573 e. The van der Waals surface area contributed by atoms with E-state index >= 15 is 0 Å². The van der Waals surface area contributed by atoms with Crippen molar-refractivity contribution in [2.75, 3.05) is 24.3 Å². The van der Waals surface area contributed by atoms with Gasteiger partial charge in [0.1, 0.15) is 17.8 Å². The molecule has 2 heterocycles. The van der Waals surface area contributed by atoms with Gasteiger partial charge in [-0.15, -0.1) is 18.3 Å². The van der Waals surface area contributed by atoms with Crippen molar-refractivity contribution in [2.24, 2.45) is 9.98 Å². The van der Waals surface area contributed by atoms with Crippen LogP contribution in [0.1, 0.15) is 43.7 Å². The first-order valence-electron chi connectivity index (χ1n) is 14.1. The summed E-state index contributed by atoms with van der Waals surface area (Å²) in [4.78, 5) is 27.6. The van der Waals surface area contributed by atoms with Crippen LogP contribution in [-0.4, -0.2) is 57.9 Å². The molecule has 3 aromatic carbocycles. The quantitative estimate of drug-likeness (QED) is 0.182. The van der Waals surface area contributed by atoms with Crippen molar-refractivity contribution in [3.63, 3.8) is 0 Å². The number of carbonyl (C=O) groups is 1. The number of amides is 2. The van der Waals surface area contributed by atoms with Crippen LogP contribution in [0.15, 0.2) is 83.0 Å². The number of rotatable bonds is 8. The summed E-state index contributed by atoms with van der Waals surface area (Å²) in [5.74, 6) is 1.80. The maximum Gasteiger partial charge on any atom is 0.573 e. The van der Waals surface area contributed by atoms with Crippen molar-refractivity contribution < 1.29 is 27.4 Å². The van der Waals surface area contributed by atoms with E-state index in [0.717, 1.165) is 40.4 Å². The predicted molar refractivity (Wildman–Crippen MR) is 170 cm³/mol. The highest BCUT2D eigenvalue weighted by Crippen LogP contribution is 2.35. The lowest BCUT2D eigenvalue weighted by atomic mass is 10.00. The molecule has 0 saturated carbocycles. The third kappa shape index (κ3) is 7.90. The fourth-order valence-corrected chi connectivity index (χ4v) is 5.66. The first-order chi connectivity index (χ1) is 21.5. The van der Waals surface area contributed by atoms with Crippen molar-refractivity contribution in [1.29, 1.82) is 0 Å². The van der Waals surface area contributed by atoms with Crippen LogP contribution in [0.2, 0.25) is 0 Å². The van der Waals surface area contributed by atoms with Gasteiger partial charge in [-0.2, -0.15) is 4.99 Å². The fraction of sp³-hybridized carbons (Fsp3) is 0.281. The van der Waals surface area contributed by atoms with E-state index in [2.05, 4.69) is 38.7 Å². The maximum absolute atomic E-state index is 12.8. The lowest BCUT2D eigenvalue weighted by Crippen LogP contribution is -2.25. The van der Waals surface area contributed by atoms with E-state index in [1.165, 1.54) is 47.0 Å². The fourth-order valence-electron chi connectivity index (χ4n) is 4.72. The summed E-state index contributed by atoms with van der Waals surface area (Å²) in [6.07, 6.45) is -1.70. The van der Waals surface area contributed by atoms with E-state index in [4.69, 9.17) is 4.74 Å². The molecule has 1 fully saturated rings. The number of alkyl halides is 3. The van der Waals surface area contributed by atoms with Gasteiger partial charge in [0.25, 0.3) is 0 Å². The summed E-state index contributed by atoms with van der Waals surface area (Å²) < 4.78 is 48.1. The molecule has 0 radical (unpaired) electrons. The summed E-state index contributed by atoms with van der Waals surface area (Å²) >= 11 is 1.52. The van der Waals surface area contributed by atoms with Crippen LogP contribution in [0.25, 0.3) is 17.1 Å². The molecule has 234 valence electrons. The number of aliphatic imine (C=N–C) groups is 2. The van der Waals surface area contributed by atoms with Gasteiger partial charge in [-0.1, -0.05) is 62.9 Å². The van der Waals surface area contributed by atoms with Crippen molar-refractivity contribution in [1.82, 2.24) is 14.8 Å². The summed E-state index contributed by atoms with van der Waals surface area (Å²) in [7, 11) is 1.63. The van der Waals surface area contributed by atoms with Crippen LogP contribution in [0.4, 0.5) is 23.7 Å². The Kier molecular flexibility index (Phi) is 9.57. The third-order valence-electron chi connectivity index (χ3n) is 7.05. The molecule has 1 aromatic heterocycles. The zero-order chi connectivity index (χ0) is 32.1. The molecule has 1 aliphatic rings. The Bertz CT molecular complexity index is 1700. The number of anilines is 1. The monoisotopic (exact) mass is 636 g/mol. The first kappa shape index (κ1) is 31.8. The average Bonchev–Trinajstić information content (AvgIpc) is 3.69. The standard InChI is InChI=1S/C32H31F3N6O3S/c1-20(2)27-14-13-26(43-4)17-28(27)40-15-16-45-31(40)38-30(42)36-18-21(3)22-5-7-23(8-6-22)29-37-19-41(39-29)24-9-11-25(12-10-24)44-32(33,34)35/h5-14,17-21H,15-16H2,1-4H3. The smallest absolute Gasteiger partial charge is 0.497 e. The Morgan fingerprint density at radius 3 is 2.40 bits per heavy atom. The molecule has 1 atom stereocenters. The highest BCUT2D eigenvalue weighted by Gasteiger charge is 2.31. The number of amidine groups is 1. The van der Waals surface area contributed by atoms with E-state index in [9.17, 15) is 18.0 Å². The number of nitrogens with zero attached hydrogens (tertiary/aromatic N) is 6. The number of methoxy groups -OCH3 is 1. The zero-order valence-electron chi connectivity index (χ0n) is 25.0. The van der Waals surface area contributed by atoms with Gasteiger partial charge in [0, 0.05) is 41.7 Å². The number of urea groups is 1. The second-order valence-electron chi connectivity index (χ2n) is 10.5. The number of hydrogen-bond donors (Lipinski definition) is 0. The van der Waals surface area contributed by atoms with Crippen molar-refractivity contribution >= 4 is 34.9 Å². The van der Waals surface area contributed by atoms with E-state index in [0.29, 0.717) is 16.7 Å². The molecular formula is C32H31F3N6O3S. The SMILES string of the molecule is COc1ccc(C(C)C)c(N2CCSC2=NC(=O)N=CC(C)c2ccc(-c3ncn(-c4ccc(OC(F)(F)F)cc4)n3)cc2)c1. The van der Waals surface area contributed by atoms with Gasteiger partial charge in [-0.05, 0) is 47.4 Å². The van der Waals surface area contributed by atoms with E-state index in [1.807, 2.05) is 54.3 Å². The molecule has 0 aliphatic carbocycles. The molecule has 45 heavy (non-hydrogen) atoms. The van der Waals surface area contributed by atoms with Crippen molar-refractivity contribution in [3.8, 4) is 28.6 Å². The van der Waals surface area contributed by atoms with E-state index in [-0.39, 0.29) is 17.6 Å². The minimum absolute atomic E-state index is 0.163. The first-order valence-corrected chi connectivity index (χ1v) is 15.1. The number of aromatic nitrogens is 3. The number of carbonyl (C=O) groups excluding carboxylic acids is 1. The minimum Gasteiger partial charge on any atom is -0.497 e. The molecule has 0 spiro atoms. The molecule has 2 amide bonds. The molecule has 4 aromatic rings. The highest BCUT2D eigenvalue weighted by molar-refractivity contribution is 8.14. The summed E-state index contributed by atoms with van der Waals surface area (Å²) in [6, 6.07) is 18.2. The molecule has 9 nitrogen and oxygen atoms in total. The second kappa shape index (κ2) is 13.6. The number of hydrogen-bond acceptors (Lipinski definition) is 6. The minimum atomic E-state index is -4.76. The van der Waals surface area contributed by atoms with Gasteiger partial charge in [-0.25, -0.2) is 19.5 Å². The number of thioether (sulfide) groups is 1. The Balaban J connectivity index is 1.23. The lowest BCUT2D eigenvalue weighted by molar-refractivity contribution is -0.274. The van der Waals surface area contributed by atoms with Crippen LogP contribution >= 0.6 is 11.8 Å². The Morgan fingerprint density at radius 1 is 1.02 bits per heavy atom. The van der Waals surface area contributed by atoms with Gasteiger partial charge in [0.15, 0.2) is 11.0 Å². The topological polar surface area (TPSA) is 94.2 Å². The number of benzene rings is 3. The third-order valence-corrected chi connectivity index (χ3v) is 8.01. The lowest BCUT2D eigenvalue weighted by Gasteiger charge is -2.23. The zero-order valence-corrected chi connectivity index (χ0v) is 25.8. The normalized spacial score (nSPS) is 15.3. The molecular weight excluding hydrogens is 605 g/mol. The molecule has 1 unspecified atom stereocenters. The molecule has 1 saturated heterocycles. The average molecular weight is 637 g/mol. The number of ether oxygens (including phenoxy) is 2. The predicted octanol–water partition coefficient (Wildman–Crippen LogP) is 7.87. The van der Waals surface area contributed by atoms with Crippen LogP contribution in [0.3, 0.4) is 0 Å². The Hall–Kier alpha value is -4.65. The summed E-state index contributed by atoms with van der Waals surface area (Å²) in [6.45, 7) is 6.91. The summed E-state index contributed by atoms with van der Waals surface area (Å²) in [5.41, 5.74) is 4.33. The summed E-state index contributed by atoms with van der Waals surface area (Å²) in [5, 5.41) is 5.05. The van der Waals surface area contributed by atoms with Crippen LogP contribution in [-0.2, 0) is 0 Å². The maximum atomic E-state index is 12.8. The molecule has 13 heteroatoms. The highest BCUT2D eigenvalue weighted by atomic mass is 32.2. The Morgan fingerprint density at radius 2 is 1.73 bits per heavy atom. The molecule has 0 N–H and O–H groups in total. The Labute approximate surface area is 262 Å². The molecule has 0 bridgehead atoms. The van der Waals surface area contributed by atoms with Crippen molar-refractivity contribution in [2.45, 2.75) is 39.0 Å². The molecule has 1 aliphatic heterocycles. The van der Waals surface area contributed by atoms with Crippen LogP contribution in [0.5, 0.6) is 11.5 Å². The van der Waals surface area contributed by atoms with Gasteiger partial charge in [0.05, 0.1) is 12.8 Å². The van der Waals surface area contributed by atoms with Gasteiger partial charge >= 0.3 is 12.4 Å².